The molecule has 0 aromatic heterocycles. The number of aliphatic carboxylic acids is 5. The average Bonchev–Trinajstić information content (AvgIpc) is 3.09. The van der Waals surface area contributed by atoms with E-state index >= 15 is 0 Å². The van der Waals surface area contributed by atoms with Crippen LogP contribution in [-0.4, -0.2) is 114 Å². The monoisotopic (exact) mass is 873 g/mol. The first-order valence-electron chi connectivity index (χ1n) is 20.7. The highest BCUT2D eigenvalue weighted by atomic mass is 31.2. The van der Waals surface area contributed by atoms with Crippen molar-refractivity contribution in [3.63, 3.8) is 0 Å². The van der Waals surface area contributed by atoms with Crippen molar-refractivity contribution in [3.8, 4) is 0 Å². The highest BCUT2D eigenvalue weighted by Gasteiger charge is 2.67. The number of hydrogen-bond acceptors (Lipinski definition) is 10. The number of carboxylic acid groups (broad SMARTS) is 5. The zero-order chi connectivity index (χ0) is 45.2. The quantitative estimate of drug-likeness (QED) is 0.0403. The van der Waals surface area contributed by atoms with Gasteiger partial charge in [-0.1, -0.05) is 6.42 Å². The van der Waals surface area contributed by atoms with Gasteiger partial charge in [0.2, 0.25) is 19.2 Å². The molecule has 0 heterocycles. The van der Waals surface area contributed by atoms with Gasteiger partial charge in [-0.25, -0.2) is 9.59 Å². The maximum absolute atomic E-state index is 13.6. The Balaban J connectivity index is 1.74. The van der Waals surface area contributed by atoms with Crippen LogP contribution in [0.3, 0.4) is 0 Å². The van der Waals surface area contributed by atoms with Crippen molar-refractivity contribution in [1.29, 1.82) is 0 Å². The van der Waals surface area contributed by atoms with Gasteiger partial charge in [0, 0.05) is 56.5 Å². The molecular formula is C40H64N3O16P. The molecule has 340 valence electrons. The second kappa shape index (κ2) is 20.5. The lowest BCUT2D eigenvalue weighted by molar-refractivity contribution is -0.191. The van der Waals surface area contributed by atoms with Crippen LogP contribution in [0.2, 0.25) is 0 Å². The fourth-order valence-corrected chi connectivity index (χ4v) is 12.5. The number of carbonyl (C=O) groups excluding carboxylic acids is 3. The predicted octanol–water partition coefficient (Wildman–Crippen LogP) is 4.57. The number of alkyl carbamates (subject to hydrolysis) is 1. The topological polar surface area (TPSA) is 320 Å². The maximum Gasteiger partial charge on any atom is 0.407 e. The molecule has 0 radical (unpaired) electrons. The zero-order valence-corrected chi connectivity index (χ0v) is 35.8. The van der Waals surface area contributed by atoms with Crippen molar-refractivity contribution in [2.45, 2.75) is 160 Å². The molecule has 0 saturated heterocycles. The first-order chi connectivity index (χ1) is 27.7. The van der Waals surface area contributed by atoms with Crippen molar-refractivity contribution in [1.82, 2.24) is 16.0 Å². The van der Waals surface area contributed by atoms with E-state index in [4.69, 9.17) is 9.84 Å². The van der Waals surface area contributed by atoms with Gasteiger partial charge in [0.15, 0.2) is 0 Å². The van der Waals surface area contributed by atoms with Crippen LogP contribution in [0.5, 0.6) is 0 Å². The van der Waals surface area contributed by atoms with E-state index in [1.165, 1.54) is 0 Å². The minimum Gasteiger partial charge on any atom is -0.481 e. The molecule has 4 fully saturated rings. The molecule has 0 spiro atoms. The van der Waals surface area contributed by atoms with Gasteiger partial charge in [0.05, 0.1) is 5.92 Å². The van der Waals surface area contributed by atoms with Crippen molar-refractivity contribution in [3.05, 3.63) is 0 Å². The van der Waals surface area contributed by atoms with Gasteiger partial charge in [-0.2, -0.15) is 0 Å². The van der Waals surface area contributed by atoms with E-state index in [0.717, 1.165) is 0 Å². The minimum absolute atomic E-state index is 0.144. The molecule has 4 unspecified atom stereocenters. The van der Waals surface area contributed by atoms with Gasteiger partial charge < -0.3 is 51.1 Å². The Morgan fingerprint density at radius 2 is 1.17 bits per heavy atom. The van der Waals surface area contributed by atoms with E-state index in [9.17, 15) is 68.2 Å². The lowest BCUT2D eigenvalue weighted by Crippen LogP contribution is -2.69. The summed E-state index contributed by atoms with van der Waals surface area (Å²) in [6.07, 6.45) is 1.96. The lowest BCUT2D eigenvalue weighted by Gasteiger charge is -2.71. The number of nitrogens with one attached hydrogen (secondary N) is 3. The molecule has 20 heteroatoms. The van der Waals surface area contributed by atoms with Crippen molar-refractivity contribution in [2.24, 2.45) is 22.2 Å². The Hall–Kier alpha value is -4.25. The normalized spacial score (nSPS) is 26.2. The molecule has 4 aliphatic rings. The van der Waals surface area contributed by atoms with E-state index in [2.05, 4.69) is 16.0 Å². The fourth-order valence-electron chi connectivity index (χ4n) is 10.7. The molecule has 7 atom stereocenters. The summed E-state index contributed by atoms with van der Waals surface area (Å²) in [5, 5.41) is 56.0. The van der Waals surface area contributed by atoms with Crippen molar-refractivity contribution >= 4 is 55.1 Å². The molecule has 3 amide bonds. The third-order valence-corrected chi connectivity index (χ3v) is 14.1. The Morgan fingerprint density at radius 1 is 0.650 bits per heavy atom. The molecule has 4 rings (SSSR count). The van der Waals surface area contributed by atoms with Crippen LogP contribution in [0, 0.1) is 22.2 Å². The summed E-state index contributed by atoms with van der Waals surface area (Å²) in [4.78, 5) is 108. The number of carboxylic acids is 5. The van der Waals surface area contributed by atoms with Gasteiger partial charge in [0.25, 0.3) is 0 Å². The molecule has 4 saturated carbocycles. The van der Waals surface area contributed by atoms with Crippen LogP contribution in [0.1, 0.15) is 143 Å². The first-order valence-corrected chi connectivity index (χ1v) is 22.7. The summed E-state index contributed by atoms with van der Waals surface area (Å²) in [5.74, 6) is -8.55. The van der Waals surface area contributed by atoms with Crippen LogP contribution in [-0.2, 0) is 42.9 Å². The summed E-state index contributed by atoms with van der Waals surface area (Å²) in [5.41, 5.74) is -3.22. The number of amides is 3. The maximum atomic E-state index is 13.6. The molecule has 4 aliphatic carbocycles. The Morgan fingerprint density at radius 3 is 1.63 bits per heavy atom. The Kier molecular flexibility index (Phi) is 17.2. The van der Waals surface area contributed by atoms with Gasteiger partial charge in [-0.05, 0) is 120 Å². The van der Waals surface area contributed by atoms with Crippen LogP contribution in [0.4, 0.5) is 4.79 Å². The number of ether oxygens (including phenoxy) is 1. The van der Waals surface area contributed by atoms with Crippen LogP contribution >= 0.6 is 7.37 Å². The number of carbonyl (C=O) groups is 8. The number of hydrogen-bond donors (Lipinski definition) is 9. The summed E-state index contributed by atoms with van der Waals surface area (Å²) in [6, 6.07) is -1.60. The molecule has 0 aromatic rings. The average molecular weight is 874 g/mol. The van der Waals surface area contributed by atoms with Crippen molar-refractivity contribution in [2.75, 3.05) is 18.9 Å². The summed E-state index contributed by atoms with van der Waals surface area (Å²) in [6.45, 7) is 5.65. The Labute approximate surface area is 349 Å². The lowest BCUT2D eigenvalue weighted by atomic mass is 9.35. The molecular weight excluding hydrogens is 809 g/mol. The minimum atomic E-state index is -4.27. The zero-order valence-electron chi connectivity index (χ0n) is 34.9. The second-order valence-electron chi connectivity index (χ2n) is 18.9. The molecule has 19 nitrogen and oxygen atoms in total. The van der Waals surface area contributed by atoms with E-state index in [0.29, 0.717) is 64.3 Å². The van der Waals surface area contributed by atoms with E-state index < -0.39 is 120 Å². The molecule has 0 aromatic carbocycles. The number of unbranched alkanes of at least 4 members (excludes halogenated alkanes) is 2. The van der Waals surface area contributed by atoms with Crippen LogP contribution in [0.15, 0.2) is 0 Å². The largest absolute Gasteiger partial charge is 0.481 e. The van der Waals surface area contributed by atoms with Gasteiger partial charge in [-0.3, -0.25) is 33.3 Å². The predicted molar refractivity (Wildman–Crippen MR) is 213 cm³/mol. The third-order valence-electron chi connectivity index (χ3n) is 12.1. The number of rotatable bonds is 27. The Bertz CT molecular complexity index is 1640. The first kappa shape index (κ1) is 50.1. The molecule has 4 bridgehead atoms. The summed E-state index contributed by atoms with van der Waals surface area (Å²) >= 11 is 0. The van der Waals surface area contributed by atoms with E-state index in [1.807, 2.05) is 0 Å². The highest BCUT2D eigenvalue weighted by Crippen LogP contribution is 2.74. The standard InChI is InChI=1S/C40H64N3O16P/c1-36(2,3)59-35(56)41-17-6-4-5-7-29(45)43-40-23-37(20-38(24-40,15-11-31(48)49)22-39(21-37,25-40)16-12-32(50)51)14-10-28(44)42-27(34(54)55)13-18-60(57,58)19-26(33(52)53)8-9-30(46)47/h26-27H,4-25H2,1-3H3,(H,41,56)(H,42,44)(H,43,45)(H,46,47)(H,48,49)(H,50,51)(H,52,53)(H,54,55)(H,57,58)/t26?,27-,37?,38-,39+,40?/m0/s1. The van der Waals surface area contributed by atoms with E-state index in [-0.39, 0.29) is 50.9 Å². The van der Waals surface area contributed by atoms with Crippen molar-refractivity contribution < 1.29 is 78.1 Å². The highest BCUT2D eigenvalue weighted by molar-refractivity contribution is 7.58. The van der Waals surface area contributed by atoms with Crippen LogP contribution < -0.4 is 16.0 Å². The second-order valence-corrected chi connectivity index (χ2v) is 21.4. The SMILES string of the molecule is CC(C)(C)OC(=O)NCCCCCC(=O)NC12CC3(CCC(=O)N[C@@H](CCP(=O)(O)CC(CCC(=O)O)C(=O)O)C(=O)O)C[C@@](CCC(=O)O)(C1)C[C@](CCC(=O)O)(C3)C2. The molecule has 9 N–H and O–H groups in total. The van der Waals surface area contributed by atoms with Gasteiger partial charge >= 0.3 is 35.9 Å². The van der Waals surface area contributed by atoms with Crippen LogP contribution in [0.25, 0.3) is 0 Å². The van der Waals surface area contributed by atoms with Gasteiger partial charge in [-0.15, -0.1) is 0 Å². The molecule has 0 aliphatic heterocycles. The summed E-state index contributed by atoms with van der Waals surface area (Å²) < 4.78 is 18.1. The molecule has 60 heavy (non-hydrogen) atoms. The third kappa shape index (κ3) is 16.0. The smallest absolute Gasteiger partial charge is 0.407 e. The van der Waals surface area contributed by atoms with E-state index in [1.54, 1.807) is 20.8 Å². The fraction of sp³-hybridized carbons (Fsp3) is 0.800. The van der Waals surface area contributed by atoms with Gasteiger partial charge in [0.1, 0.15) is 11.6 Å². The summed E-state index contributed by atoms with van der Waals surface area (Å²) in [7, 11) is -4.27.